The molecule has 0 radical (unpaired) electrons. The van der Waals surface area contributed by atoms with Crippen molar-refractivity contribution < 1.29 is 4.79 Å². The molecule has 6 nitrogen and oxygen atoms in total. The van der Waals surface area contributed by atoms with Gasteiger partial charge in [-0.25, -0.2) is 4.68 Å². The van der Waals surface area contributed by atoms with Crippen LogP contribution in [0.3, 0.4) is 0 Å². The first-order valence-corrected chi connectivity index (χ1v) is 9.46. The molecular formula is C23H22N4O2. The van der Waals surface area contributed by atoms with Gasteiger partial charge in [-0.15, -0.1) is 0 Å². The number of pyridine rings is 1. The lowest BCUT2D eigenvalue weighted by Crippen LogP contribution is -2.29. The van der Waals surface area contributed by atoms with Gasteiger partial charge in [0, 0.05) is 17.1 Å². The molecule has 0 aliphatic carbocycles. The maximum atomic E-state index is 12.8. The number of nitrogens with zero attached hydrogens (tertiary/aromatic N) is 3. The van der Waals surface area contributed by atoms with E-state index >= 15 is 0 Å². The Labute approximate surface area is 168 Å². The number of benzene rings is 2. The number of aryl methyl sites for hydroxylation is 3. The molecule has 0 aliphatic rings. The van der Waals surface area contributed by atoms with E-state index in [0.29, 0.717) is 11.3 Å². The van der Waals surface area contributed by atoms with Gasteiger partial charge >= 0.3 is 0 Å². The molecule has 4 aromatic rings. The molecule has 0 saturated carbocycles. The Bertz CT molecular complexity index is 1250. The Morgan fingerprint density at radius 1 is 1.00 bits per heavy atom. The number of aromatic nitrogens is 3. The molecule has 0 aliphatic heterocycles. The molecular weight excluding hydrogens is 364 g/mol. The monoisotopic (exact) mass is 386 g/mol. The smallest absolute Gasteiger partial charge is 0.252 e. The van der Waals surface area contributed by atoms with Crippen molar-refractivity contribution in [3.8, 4) is 5.69 Å². The number of nitrogens with one attached hydrogen (secondary N) is 1. The van der Waals surface area contributed by atoms with Crippen molar-refractivity contribution in [3.05, 3.63) is 87.8 Å². The predicted octanol–water partition coefficient (Wildman–Crippen LogP) is 3.75. The van der Waals surface area contributed by atoms with E-state index in [0.717, 1.165) is 27.9 Å². The van der Waals surface area contributed by atoms with Gasteiger partial charge < -0.3 is 5.32 Å². The number of hydrogen-bond donors (Lipinski definition) is 1. The van der Waals surface area contributed by atoms with Crippen molar-refractivity contribution in [1.29, 1.82) is 0 Å². The highest BCUT2D eigenvalue weighted by atomic mass is 16.2. The summed E-state index contributed by atoms with van der Waals surface area (Å²) in [4.78, 5) is 25.5. The van der Waals surface area contributed by atoms with Crippen LogP contribution in [0.5, 0.6) is 0 Å². The fourth-order valence-electron chi connectivity index (χ4n) is 3.55. The zero-order valence-corrected chi connectivity index (χ0v) is 16.6. The summed E-state index contributed by atoms with van der Waals surface area (Å²) in [6.07, 6.45) is 0. The standard InChI is InChI=1S/C23H22N4O2/c1-15-9-11-18(12-10-15)24-20(28)14-26-21(29)13-16(2)22-17(3)25-27(23(22)26)19-7-5-4-6-8-19/h4-13H,14H2,1-3H3,(H,24,28). The van der Waals surface area contributed by atoms with E-state index in [2.05, 4.69) is 10.4 Å². The van der Waals surface area contributed by atoms with Crippen LogP contribution in [0.4, 0.5) is 5.69 Å². The lowest BCUT2D eigenvalue weighted by atomic mass is 10.1. The van der Waals surface area contributed by atoms with E-state index in [1.54, 1.807) is 10.7 Å². The van der Waals surface area contributed by atoms with Gasteiger partial charge in [0.25, 0.3) is 5.56 Å². The van der Waals surface area contributed by atoms with Crippen LogP contribution in [0, 0.1) is 20.8 Å². The highest BCUT2D eigenvalue weighted by Gasteiger charge is 2.18. The molecule has 0 unspecified atom stereocenters. The molecule has 0 fully saturated rings. The number of anilines is 1. The minimum Gasteiger partial charge on any atom is -0.325 e. The molecule has 146 valence electrons. The minimum absolute atomic E-state index is 0.0958. The lowest BCUT2D eigenvalue weighted by Gasteiger charge is -2.12. The van der Waals surface area contributed by atoms with Crippen LogP contribution in [0.15, 0.2) is 65.5 Å². The third-order valence-electron chi connectivity index (χ3n) is 4.93. The number of carbonyl (C=O) groups excluding carboxylic acids is 1. The average molecular weight is 386 g/mol. The largest absolute Gasteiger partial charge is 0.325 e. The molecule has 0 atom stereocenters. The molecule has 6 heteroatoms. The summed E-state index contributed by atoms with van der Waals surface area (Å²) in [7, 11) is 0. The van der Waals surface area contributed by atoms with E-state index in [-0.39, 0.29) is 18.0 Å². The first-order chi connectivity index (χ1) is 13.9. The Hall–Kier alpha value is -3.67. The molecule has 1 amide bonds. The van der Waals surface area contributed by atoms with Crippen LogP contribution in [-0.2, 0) is 11.3 Å². The van der Waals surface area contributed by atoms with E-state index in [4.69, 9.17) is 0 Å². The average Bonchev–Trinajstić information content (AvgIpc) is 3.05. The second-order valence-electron chi connectivity index (χ2n) is 7.20. The molecule has 2 aromatic carbocycles. The third-order valence-corrected chi connectivity index (χ3v) is 4.93. The van der Waals surface area contributed by atoms with Crippen LogP contribution in [0.25, 0.3) is 16.7 Å². The quantitative estimate of drug-likeness (QED) is 0.581. The van der Waals surface area contributed by atoms with Crippen molar-refractivity contribution in [2.24, 2.45) is 0 Å². The van der Waals surface area contributed by atoms with Crippen LogP contribution in [-0.4, -0.2) is 20.3 Å². The van der Waals surface area contributed by atoms with E-state index in [9.17, 15) is 9.59 Å². The summed E-state index contributed by atoms with van der Waals surface area (Å²) in [5.74, 6) is -0.264. The van der Waals surface area contributed by atoms with Crippen LogP contribution in [0.1, 0.15) is 16.8 Å². The Morgan fingerprint density at radius 2 is 1.69 bits per heavy atom. The highest BCUT2D eigenvalue weighted by Crippen LogP contribution is 2.23. The van der Waals surface area contributed by atoms with Crippen LogP contribution >= 0.6 is 0 Å². The maximum Gasteiger partial charge on any atom is 0.252 e. The van der Waals surface area contributed by atoms with Gasteiger partial charge in [-0.2, -0.15) is 5.10 Å². The number of amides is 1. The maximum absolute atomic E-state index is 12.8. The molecule has 4 rings (SSSR count). The summed E-state index contributed by atoms with van der Waals surface area (Å²) in [5.41, 5.74) is 4.70. The van der Waals surface area contributed by atoms with Gasteiger partial charge in [0.05, 0.1) is 11.4 Å². The molecule has 2 heterocycles. The first-order valence-electron chi connectivity index (χ1n) is 9.46. The fourth-order valence-corrected chi connectivity index (χ4v) is 3.55. The van der Waals surface area contributed by atoms with Gasteiger partial charge in [0.2, 0.25) is 5.91 Å². The van der Waals surface area contributed by atoms with Gasteiger partial charge in [-0.1, -0.05) is 35.9 Å². The lowest BCUT2D eigenvalue weighted by molar-refractivity contribution is -0.116. The van der Waals surface area contributed by atoms with Gasteiger partial charge in [-0.3, -0.25) is 14.2 Å². The third kappa shape index (κ3) is 3.57. The molecule has 0 saturated heterocycles. The van der Waals surface area contributed by atoms with Crippen molar-refractivity contribution >= 4 is 22.6 Å². The van der Waals surface area contributed by atoms with E-state index < -0.39 is 0 Å². The van der Waals surface area contributed by atoms with Crippen molar-refractivity contribution in [2.75, 3.05) is 5.32 Å². The summed E-state index contributed by atoms with van der Waals surface area (Å²) in [5, 5.41) is 8.40. The summed E-state index contributed by atoms with van der Waals surface area (Å²) in [6.45, 7) is 5.70. The number of carbonyl (C=O) groups is 1. The van der Waals surface area contributed by atoms with Crippen molar-refractivity contribution in [2.45, 2.75) is 27.3 Å². The topological polar surface area (TPSA) is 68.9 Å². The van der Waals surface area contributed by atoms with Crippen molar-refractivity contribution in [3.63, 3.8) is 0 Å². The SMILES string of the molecule is Cc1ccc(NC(=O)Cn2c(=O)cc(C)c3c(C)nn(-c4ccccc4)c32)cc1. The van der Waals surface area contributed by atoms with Gasteiger partial charge in [0.1, 0.15) is 12.2 Å². The predicted molar refractivity (Wildman–Crippen MR) is 115 cm³/mol. The van der Waals surface area contributed by atoms with Gasteiger partial charge in [-0.05, 0) is 50.6 Å². The second kappa shape index (κ2) is 7.39. The number of fused-ring (bicyclic) bond motifs is 1. The van der Waals surface area contributed by atoms with Crippen LogP contribution in [0.2, 0.25) is 0 Å². The summed E-state index contributed by atoms with van der Waals surface area (Å²) >= 11 is 0. The minimum atomic E-state index is -0.264. The Kier molecular flexibility index (Phi) is 4.76. The number of hydrogen-bond acceptors (Lipinski definition) is 3. The van der Waals surface area contributed by atoms with E-state index in [1.165, 1.54) is 4.57 Å². The second-order valence-corrected chi connectivity index (χ2v) is 7.20. The molecule has 0 bridgehead atoms. The molecule has 1 N–H and O–H groups in total. The normalized spacial score (nSPS) is 11.0. The van der Waals surface area contributed by atoms with Crippen LogP contribution < -0.4 is 10.9 Å². The molecule has 2 aromatic heterocycles. The van der Waals surface area contributed by atoms with Gasteiger partial charge in [0.15, 0.2) is 0 Å². The number of para-hydroxylation sites is 1. The summed E-state index contributed by atoms with van der Waals surface area (Å²) in [6, 6.07) is 18.7. The highest BCUT2D eigenvalue weighted by molar-refractivity contribution is 5.92. The first kappa shape index (κ1) is 18.7. The Balaban J connectivity index is 1.80. The van der Waals surface area contributed by atoms with E-state index in [1.807, 2.05) is 75.4 Å². The van der Waals surface area contributed by atoms with Crippen molar-refractivity contribution in [1.82, 2.24) is 14.3 Å². The fraction of sp³-hybridized carbons (Fsp3) is 0.174. The number of rotatable bonds is 4. The molecule has 0 spiro atoms. The molecule has 29 heavy (non-hydrogen) atoms. The summed E-state index contributed by atoms with van der Waals surface area (Å²) < 4.78 is 3.22. The zero-order chi connectivity index (χ0) is 20.5. The Morgan fingerprint density at radius 3 is 2.38 bits per heavy atom. The zero-order valence-electron chi connectivity index (χ0n) is 16.6.